The highest BCUT2D eigenvalue weighted by molar-refractivity contribution is 7.26. The molecule has 0 aliphatic heterocycles. The van der Waals surface area contributed by atoms with Gasteiger partial charge in [-0.1, -0.05) is 91.0 Å². The van der Waals surface area contributed by atoms with Crippen molar-refractivity contribution in [3.05, 3.63) is 144 Å². The van der Waals surface area contributed by atoms with Crippen LogP contribution in [-0.2, 0) is 0 Å². The van der Waals surface area contributed by atoms with E-state index in [0.29, 0.717) is 21.9 Å². The Kier molecular flexibility index (Phi) is 5.19. The summed E-state index contributed by atoms with van der Waals surface area (Å²) in [4.78, 5) is 13.2. The number of rotatable bonds is 3. The van der Waals surface area contributed by atoms with Crippen LogP contribution in [0.15, 0.2) is 143 Å². The van der Waals surface area contributed by atoms with Gasteiger partial charge in [0.25, 0.3) is 0 Å². The number of para-hydroxylation sites is 1. The molecule has 0 amide bonds. The fraction of sp³-hybridized carbons (Fsp3) is 0. The lowest BCUT2D eigenvalue weighted by Gasteiger charge is -2.10. The van der Waals surface area contributed by atoms with E-state index in [9.17, 15) is 4.79 Å². The van der Waals surface area contributed by atoms with Crippen molar-refractivity contribution in [1.82, 2.24) is 0 Å². The van der Waals surface area contributed by atoms with Crippen LogP contribution < -0.4 is 5.43 Å². The van der Waals surface area contributed by atoms with Gasteiger partial charge in [0.05, 0.1) is 10.8 Å². The van der Waals surface area contributed by atoms with E-state index in [4.69, 9.17) is 4.42 Å². The molecule has 8 aromatic rings. The number of fused-ring (bicyclic) bond motifs is 5. The molecule has 188 valence electrons. The lowest BCUT2D eigenvalue weighted by atomic mass is 9.95. The molecule has 8 rings (SSSR count). The third-order valence-corrected chi connectivity index (χ3v) is 8.90. The van der Waals surface area contributed by atoms with Gasteiger partial charge in [-0.3, -0.25) is 4.79 Å². The van der Waals surface area contributed by atoms with Crippen LogP contribution in [0.3, 0.4) is 0 Å². The zero-order valence-electron chi connectivity index (χ0n) is 21.4. The van der Waals surface area contributed by atoms with E-state index in [1.807, 2.05) is 53.8 Å². The monoisotopic (exact) mass is 530 g/mol. The minimum atomic E-state index is -0.00188. The van der Waals surface area contributed by atoms with Crippen LogP contribution in [-0.4, -0.2) is 0 Å². The van der Waals surface area contributed by atoms with Gasteiger partial charge in [0.1, 0.15) is 11.2 Å². The summed E-state index contributed by atoms with van der Waals surface area (Å²) in [5.41, 5.74) is 8.01. The summed E-state index contributed by atoms with van der Waals surface area (Å²) in [6.45, 7) is 0. The number of hydrogen-bond donors (Lipinski definition) is 0. The first-order chi connectivity index (χ1) is 19.7. The fourth-order valence-electron chi connectivity index (χ4n) is 5.70. The Balaban J connectivity index is 1.22. The van der Waals surface area contributed by atoms with E-state index in [2.05, 4.69) is 91.0 Å². The highest BCUT2D eigenvalue weighted by atomic mass is 32.1. The summed E-state index contributed by atoms with van der Waals surface area (Å²) in [6, 6.07) is 45.8. The minimum Gasteiger partial charge on any atom is -0.456 e. The molecule has 2 aromatic heterocycles. The van der Waals surface area contributed by atoms with Crippen molar-refractivity contribution in [3.63, 3.8) is 0 Å². The third kappa shape index (κ3) is 3.67. The molecule has 6 aromatic carbocycles. The maximum absolute atomic E-state index is 13.2. The van der Waals surface area contributed by atoms with Crippen LogP contribution in [0.2, 0.25) is 0 Å². The van der Waals surface area contributed by atoms with Crippen molar-refractivity contribution in [2.75, 3.05) is 0 Å². The first-order valence-corrected chi connectivity index (χ1v) is 14.1. The quantitative estimate of drug-likeness (QED) is 0.213. The van der Waals surface area contributed by atoms with Crippen LogP contribution in [0, 0.1) is 0 Å². The highest BCUT2D eigenvalue weighted by Crippen LogP contribution is 2.40. The summed E-state index contributed by atoms with van der Waals surface area (Å²) in [5, 5.41) is 3.82. The van der Waals surface area contributed by atoms with E-state index in [-0.39, 0.29) is 5.43 Å². The molecule has 0 unspecified atom stereocenters. The van der Waals surface area contributed by atoms with Gasteiger partial charge in [-0.25, -0.2) is 0 Å². The second-order valence-electron chi connectivity index (χ2n) is 10.1. The number of benzene rings is 6. The molecule has 0 atom stereocenters. The summed E-state index contributed by atoms with van der Waals surface area (Å²) in [7, 11) is 0. The minimum absolute atomic E-state index is 0.00188. The standard InChI is InChI=1S/C37H22O2S/c38-36-31-13-1-3-16-33(31)39-34-19-18-26(22-32(34)36)24-9-5-8-23(20-24)25-10-6-11-27(21-25)28-14-7-15-30-29-12-2-4-17-35(29)40-37(28)30/h1-22H. The van der Waals surface area contributed by atoms with Gasteiger partial charge in [0, 0.05) is 20.2 Å². The van der Waals surface area contributed by atoms with Gasteiger partial charge in [0.2, 0.25) is 5.43 Å². The summed E-state index contributed by atoms with van der Waals surface area (Å²) < 4.78 is 8.64. The Labute approximate surface area is 234 Å². The maximum Gasteiger partial charge on any atom is 0.200 e. The molecule has 0 aliphatic carbocycles. The van der Waals surface area contributed by atoms with E-state index in [0.717, 1.165) is 22.3 Å². The van der Waals surface area contributed by atoms with Gasteiger partial charge in [-0.05, 0) is 75.8 Å². The van der Waals surface area contributed by atoms with E-state index >= 15 is 0 Å². The zero-order chi connectivity index (χ0) is 26.6. The molecule has 0 aliphatic rings. The van der Waals surface area contributed by atoms with Crippen LogP contribution in [0.25, 0.3) is 75.5 Å². The maximum atomic E-state index is 13.2. The van der Waals surface area contributed by atoms with Crippen molar-refractivity contribution in [2.24, 2.45) is 0 Å². The predicted octanol–water partition coefficient (Wildman–Crippen LogP) is 10.3. The number of thiophene rings is 1. The average Bonchev–Trinajstić information content (AvgIpc) is 3.40. The van der Waals surface area contributed by atoms with Crippen molar-refractivity contribution >= 4 is 53.4 Å². The van der Waals surface area contributed by atoms with Gasteiger partial charge < -0.3 is 4.42 Å². The Morgan fingerprint density at radius 1 is 0.450 bits per heavy atom. The molecule has 0 saturated carbocycles. The second kappa shape index (κ2) is 9.04. The average molecular weight is 531 g/mol. The molecule has 0 bridgehead atoms. The van der Waals surface area contributed by atoms with Crippen LogP contribution in [0.4, 0.5) is 0 Å². The Hall–Kier alpha value is -4.99. The Bertz CT molecular complexity index is 2300. The normalized spacial score (nSPS) is 11.6. The molecule has 2 heterocycles. The van der Waals surface area contributed by atoms with Crippen molar-refractivity contribution in [1.29, 1.82) is 0 Å². The Morgan fingerprint density at radius 2 is 1.05 bits per heavy atom. The first kappa shape index (κ1) is 22.9. The van der Waals surface area contributed by atoms with Crippen molar-refractivity contribution < 1.29 is 4.42 Å². The molecular formula is C37H22O2S. The Morgan fingerprint density at radius 3 is 1.88 bits per heavy atom. The first-order valence-electron chi connectivity index (χ1n) is 13.3. The van der Waals surface area contributed by atoms with Gasteiger partial charge in [-0.15, -0.1) is 11.3 Å². The molecule has 0 saturated heterocycles. The van der Waals surface area contributed by atoms with Gasteiger partial charge in [-0.2, -0.15) is 0 Å². The van der Waals surface area contributed by atoms with E-state index < -0.39 is 0 Å². The molecule has 0 fully saturated rings. The SMILES string of the molecule is O=c1c2ccccc2oc2ccc(-c3cccc(-c4cccc(-c5cccc6c5sc5ccccc56)c4)c3)cc12. The van der Waals surface area contributed by atoms with Crippen LogP contribution >= 0.6 is 11.3 Å². The molecule has 0 radical (unpaired) electrons. The van der Waals surface area contributed by atoms with Crippen LogP contribution in [0.5, 0.6) is 0 Å². The van der Waals surface area contributed by atoms with Crippen LogP contribution in [0.1, 0.15) is 0 Å². The van der Waals surface area contributed by atoms with E-state index in [1.54, 1.807) is 0 Å². The van der Waals surface area contributed by atoms with Gasteiger partial charge >= 0.3 is 0 Å². The summed E-state index contributed by atoms with van der Waals surface area (Å²) in [5.74, 6) is 0. The molecule has 2 nitrogen and oxygen atoms in total. The molecule has 0 spiro atoms. The largest absolute Gasteiger partial charge is 0.456 e. The highest BCUT2D eigenvalue weighted by Gasteiger charge is 2.12. The molecule has 0 N–H and O–H groups in total. The lowest BCUT2D eigenvalue weighted by Crippen LogP contribution is -2.01. The van der Waals surface area contributed by atoms with Crippen molar-refractivity contribution in [2.45, 2.75) is 0 Å². The lowest BCUT2D eigenvalue weighted by molar-refractivity contribution is 0.660. The topological polar surface area (TPSA) is 30.2 Å². The smallest absolute Gasteiger partial charge is 0.200 e. The predicted molar refractivity (Wildman–Crippen MR) is 169 cm³/mol. The third-order valence-electron chi connectivity index (χ3n) is 7.68. The second-order valence-corrected chi connectivity index (χ2v) is 11.1. The summed E-state index contributed by atoms with van der Waals surface area (Å²) in [6.07, 6.45) is 0. The van der Waals surface area contributed by atoms with Gasteiger partial charge in [0.15, 0.2) is 0 Å². The fourth-order valence-corrected chi connectivity index (χ4v) is 6.94. The summed E-state index contributed by atoms with van der Waals surface area (Å²) >= 11 is 1.85. The molecular weight excluding hydrogens is 508 g/mol. The van der Waals surface area contributed by atoms with Crippen molar-refractivity contribution in [3.8, 4) is 33.4 Å². The van der Waals surface area contributed by atoms with E-state index in [1.165, 1.54) is 31.3 Å². The number of hydrogen-bond acceptors (Lipinski definition) is 3. The molecule has 3 heteroatoms. The molecule has 40 heavy (non-hydrogen) atoms. The zero-order valence-corrected chi connectivity index (χ0v) is 22.2.